The second-order valence-corrected chi connectivity index (χ2v) is 8.80. The largest absolute Gasteiger partial charge is 0.504 e. The van der Waals surface area contributed by atoms with Crippen LogP contribution in [0.2, 0.25) is 5.02 Å². The highest BCUT2D eigenvalue weighted by Gasteiger charge is 2.28. The molecule has 7 heteroatoms. The van der Waals surface area contributed by atoms with Crippen LogP contribution in [-0.2, 0) is 5.41 Å². The van der Waals surface area contributed by atoms with Gasteiger partial charge in [-0.2, -0.15) is 0 Å². The molecule has 0 amide bonds. The third-order valence-corrected chi connectivity index (χ3v) is 4.43. The number of benzene rings is 2. The fourth-order valence-electron chi connectivity index (χ4n) is 3.29. The van der Waals surface area contributed by atoms with Crippen LogP contribution in [0.5, 0.6) is 5.75 Å². The molecule has 0 atom stereocenters. The van der Waals surface area contributed by atoms with Crippen molar-refractivity contribution in [1.82, 2.24) is 0 Å². The first kappa shape index (κ1) is 20.8. The summed E-state index contributed by atoms with van der Waals surface area (Å²) in [4.78, 5) is 10.6. The molecule has 27 heavy (non-hydrogen) atoms. The number of phenols is 1. The molecule has 0 saturated carbocycles. The smallest absolute Gasteiger partial charge is 0.296 e. The van der Waals surface area contributed by atoms with Gasteiger partial charge in [0.15, 0.2) is 11.4 Å². The maximum atomic E-state index is 11.1. The van der Waals surface area contributed by atoms with Gasteiger partial charge in [-0.15, -0.1) is 10.2 Å². The van der Waals surface area contributed by atoms with Crippen molar-refractivity contribution >= 4 is 28.7 Å². The molecule has 0 saturated heterocycles. The van der Waals surface area contributed by atoms with Gasteiger partial charge in [0.1, 0.15) is 5.69 Å². The Morgan fingerprint density at radius 3 is 2.26 bits per heavy atom. The highest BCUT2D eigenvalue weighted by atomic mass is 35.5. The van der Waals surface area contributed by atoms with E-state index in [4.69, 9.17) is 11.6 Å². The zero-order valence-electron chi connectivity index (χ0n) is 16.2. The Balaban J connectivity index is 2.47. The van der Waals surface area contributed by atoms with Gasteiger partial charge in [0.25, 0.3) is 5.69 Å². The highest BCUT2D eigenvalue weighted by molar-refractivity contribution is 6.32. The first-order valence-electron chi connectivity index (χ1n) is 8.59. The number of hydrogen-bond acceptors (Lipinski definition) is 5. The Labute approximate surface area is 164 Å². The monoisotopic (exact) mass is 389 g/mol. The average molecular weight is 390 g/mol. The maximum Gasteiger partial charge on any atom is 0.296 e. The maximum absolute atomic E-state index is 11.1. The Morgan fingerprint density at radius 1 is 1.07 bits per heavy atom. The summed E-state index contributed by atoms with van der Waals surface area (Å²) in [5, 5.41) is 29.5. The Bertz CT molecular complexity index is 887. The molecule has 0 fully saturated rings. The lowest BCUT2D eigenvalue weighted by molar-refractivity contribution is -0.384. The van der Waals surface area contributed by atoms with Gasteiger partial charge < -0.3 is 5.11 Å². The Morgan fingerprint density at radius 2 is 1.67 bits per heavy atom. The molecule has 144 valence electrons. The van der Waals surface area contributed by atoms with Crippen LogP contribution in [-0.4, -0.2) is 10.0 Å². The number of nitro benzene ring substituents is 1. The highest BCUT2D eigenvalue weighted by Crippen LogP contribution is 2.43. The summed E-state index contributed by atoms with van der Waals surface area (Å²) in [7, 11) is 0. The van der Waals surface area contributed by atoms with Crippen LogP contribution in [0, 0.1) is 15.5 Å². The molecule has 0 aliphatic heterocycles. The van der Waals surface area contributed by atoms with Gasteiger partial charge in [0, 0.05) is 6.07 Å². The number of para-hydroxylation sites is 1. The summed E-state index contributed by atoms with van der Waals surface area (Å²) in [6.45, 7) is 10.7. The average Bonchev–Trinajstić information content (AvgIpc) is 2.54. The standard InChI is InChI=1S/C20H24ClN3O3/c1-19(2,3)12-20(4,5)13-10-14(21)18(25)16(11-13)23-22-15-8-6-7-9-17(15)24(26)27/h6-11,25H,12H2,1-5H3. The third kappa shape index (κ3) is 5.26. The summed E-state index contributed by atoms with van der Waals surface area (Å²) in [6.07, 6.45) is 0.891. The topological polar surface area (TPSA) is 88.1 Å². The SMILES string of the molecule is CC(C)(C)CC(C)(C)c1cc(Cl)c(O)c(N=Nc2ccccc2[N+](=O)[O-])c1. The number of halogens is 1. The van der Waals surface area contributed by atoms with Crippen molar-refractivity contribution in [3.8, 4) is 5.75 Å². The van der Waals surface area contributed by atoms with Gasteiger partial charge in [-0.25, -0.2) is 0 Å². The predicted octanol–water partition coefficient (Wildman–Crippen LogP) is 7.08. The first-order chi connectivity index (χ1) is 12.4. The molecule has 0 radical (unpaired) electrons. The van der Waals surface area contributed by atoms with Gasteiger partial charge in [0.05, 0.1) is 9.95 Å². The van der Waals surface area contributed by atoms with E-state index in [-0.39, 0.29) is 38.7 Å². The molecule has 2 aromatic carbocycles. The zero-order valence-corrected chi connectivity index (χ0v) is 16.9. The lowest BCUT2D eigenvalue weighted by atomic mass is 9.72. The summed E-state index contributed by atoms with van der Waals surface area (Å²) in [6, 6.07) is 9.49. The minimum Gasteiger partial charge on any atom is -0.504 e. The molecule has 1 N–H and O–H groups in total. The number of nitro groups is 1. The van der Waals surface area contributed by atoms with Crippen molar-refractivity contribution in [3.63, 3.8) is 0 Å². The first-order valence-corrected chi connectivity index (χ1v) is 8.97. The molecule has 0 aliphatic rings. The van der Waals surface area contributed by atoms with Crippen molar-refractivity contribution in [1.29, 1.82) is 0 Å². The van der Waals surface area contributed by atoms with Gasteiger partial charge >= 0.3 is 0 Å². The Kier molecular flexibility index (Phi) is 5.90. The van der Waals surface area contributed by atoms with Crippen LogP contribution in [0.15, 0.2) is 46.6 Å². The van der Waals surface area contributed by atoms with E-state index in [0.717, 1.165) is 12.0 Å². The molecule has 0 bridgehead atoms. The molecule has 0 unspecified atom stereocenters. The number of aromatic hydroxyl groups is 1. The molecule has 0 heterocycles. The molecule has 0 aromatic heterocycles. The van der Waals surface area contributed by atoms with E-state index in [9.17, 15) is 15.2 Å². The van der Waals surface area contributed by atoms with Crippen molar-refractivity contribution in [3.05, 3.63) is 57.1 Å². The fourth-order valence-corrected chi connectivity index (χ4v) is 3.50. The fraction of sp³-hybridized carbons (Fsp3) is 0.400. The number of phenolic OH excluding ortho intramolecular Hbond substituents is 1. The van der Waals surface area contributed by atoms with E-state index in [1.165, 1.54) is 12.1 Å². The van der Waals surface area contributed by atoms with Gasteiger partial charge in [-0.1, -0.05) is 58.4 Å². The number of rotatable bonds is 5. The van der Waals surface area contributed by atoms with E-state index in [2.05, 4.69) is 44.8 Å². The summed E-state index contributed by atoms with van der Waals surface area (Å²) >= 11 is 6.20. The lowest BCUT2D eigenvalue weighted by Crippen LogP contribution is -2.24. The van der Waals surface area contributed by atoms with E-state index in [1.807, 2.05) is 0 Å². The van der Waals surface area contributed by atoms with Crippen LogP contribution >= 0.6 is 11.6 Å². The van der Waals surface area contributed by atoms with Gasteiger partial charge in [-0.3, -0.25) is 10.1 Å². The van der Waals surface area contributed by atoms with Crippen molar-refractivity contribution in [2.24, 2.45) is 15.6 Å². The van der Waals surface area contributed by atoms with E-state index in [0.29, 0.717) is 0 Å². The van der Waals surface area contributed by atoms with E-state index < -0.39 is 4.92 Å². The summed E-state index contributed by atoms with van der Waals surface area (Å²) in [5.41, 5.74) is 0.932. The second-order valence-electron chi connectivity index (χ2n) is 8.39. The van der Waals surface area contributed by atoms with Crippen molar-refractivity contribution < 1.29 is 10.0 Å². The number of azo groups is 1. The van der Waals surface area contributed by atoms with Crippen LogP contribution < -0.4 is 0 Å². The normalized spacial score (nSPS) is 12.5. The van der Waals surface area contributed by atoms with Crippen molar-refractivity contribution in [2.75, 3.05) is 0 Å². The molecule has 2 rings (SSSR count). The molecule has 0 aliphatic carbocycles. The Hall–Kier alpha value is -2.47. The summed E-state index contributed by atoms with van der Waals surface area (Å²) < 4.78 is 0. The van der Waals surface area contributed by atoms with Crippen molar-refractivity contribution in [2.45, 2.75) is 46.5 Å². The molecular formula is C20H24ClN3O3. The van der Waals surface area contributed by atoms with Crippen LogP contribution in [0.4, 0.5) is 17.1 Å². The van der Waals surface area contributed by atoms with Gasteiger partial charge in [0.2, 0.25) is 0 Å². The second kappa shape index (κ2) is 7.64. The molecule has 0 spiro atoms. The third-order valence-electron chi connectivity index (χ3n) is 4.14. The molecule has 6 nitrogen and oxygen atoms in total. The molecule has 2 aromatic rings. The number of hydrogen-bond donors (Lipinski definition) is 1. The number of nitrogens with zero attached hydrogens (tertiary/aromatic N) is 3. The minimum atomic E-state index is -0.524. The zero-order chi connectivity index (χ0) is 20.4. The van der Waals surface area contributed by atoms with Crippen LogP contribution in [0.25, 0.3) is 0 Å². The van der Waals surface area contributed by atoms with E-state index in [1.54, 1.807) is 24.3 Å². The lowest BCUT2D eigenvalue weighted by Gasteiger charge is -2.33. The van der Waals surface area contributed by atoms with Gasteiger partial charge in [-0.05, 0) is 41.0 Å². The minimum absolute atomic E-state index is 0.0974. The summed E-state index contributed by atoms with van der Waals surface area (Å²) in [5.74, 6) is -0.200. The van der Waals surface area contributed by atoms with E-state index >= 15 is 0 Å². The predicted molar refractivity (Wildman–Crippen MR) is 107 cm³/mol. The van der Waals surface area contributed by atoms with Crippen LogP contribution in [0.3, 0.4) is 0 Å². The quantitative estimate of drug-likeness (QED) is 0.336. The molecular weight excluding hydrogens is 366 g/mol. The van der Waals surface area contributed by atoms with Crippen LogP contribution in [0.1, 0.15) is 46.6 Å².